The average molecular weight is 283 g/mol. The molecule has 6 heteroatoms. The fourth-order valence-electron chi connectivity index (χ4n) is 2.03. The van der Waals surface area contributed by atoms with Gasteiger partial charge in [0.25, 0.3) is 0 Å². The van der Waals surface area contributed by atoms with Gasteiger partial charge < -0.3 is 0 Å². The molecule has 0 fully saturated rings. The molecule has 3 aromatic heterocycles. The van der Waals surface area contributed by atoms with E-state index in [-0.39, 0.29) is 0 Å². The summed E-state index contributed by atoms with van der Waals surface area (Å²) in [5.74, 6) is 0.791. The van der Waals surface area contributed by atoms with Crippen LogP contribution in [0.5, 0.6) is 0 Å². The number of nitrogens with zero attached hydrogens (tertiary/aromatic N) is 4. The van der Waals surface area contributed by atoms with Gasteiger partial charge in [0.05, 0.1) is 6.54 Å². The zero-order chi connectivity index (χ0) is 13.9. The van der Waals surface area contributed by atoms with Gasteiger partial charge >= 0.3 is 0 Å². The number of hydrogen-bond acceptors (Lipinski definition) is 4. The number of aryl methyl sites for hydroxylation is 1. The Balaban J connectivity index is 2.05. The van der Waals surface area contributed by atoms with Crippen LogP contribution in [0.25, 0.3) is 11.4 Å². The highest BCUT2D eigenvalue weighted by atomic mass is 32.1. The molecular weight excluding hydrogens is 270 g/mol. The number of H-pyrrole nitrogens is 1. The molecule has 3 rings (SSSR count). The van der Waals surface area contributed by atoms with Crippen molar-refractivity contribution in [3.05, 3.63) is 58.9 Å². The molecule has 0 saturated heterocycles. The van der Waals surface area contributed by atoms with Crippen LogP contribution in [0.2, 0.25) is 0 Å². The highest BCUT2D eigenvalue weighted by Crippen LogP contribution is 2.18. The first-order valence-electron chi connectivity index (χ1n) is 6.21. The summed E-state index contributed by atoms with van der Waals surface area (Å²) in [6, 6.07) is 5.85. The lowest BCUT2D eigenvalue weighted by molar-refractivity contribution is 0.783. The van der Waals surface area contributed by atoms with Crippen LogP contribution in [0.15, 0.2) is 43.0 Å². The molecule has 0 amide bonds. The van der Waals surface area contributed by atoms with Gasteiger partial charge in [0.15, 0.2) is 10.6 Å². The molecule has 100 valence electrons. The van der Waals surface area contributed by atoms with Gasteiger partial charge in [0.2, 0.25) is 0 Å². The number of pyridine rings is 2. The maximum absolute atomic E-state index is 5.32. The van der Waals surface area contributed by atoms with Crippen molar-refractivity contribution in [2.24, 2.45) is 0 Å². The van der Waals surface area contributed by atoms with Crippen LogP contribution in [0, 0.1) is 11.7 Å². The highest BCUT2D eigenvalue weighted by Gasteiger charge is 2.10. The van der Waals surface area contributed by atoms with E-state index in [9.17, 15) is 0 Å². The summed E-state index contributed by atoms with van der Waals surface area (Å²) in [6.07, 6.45) is 7.15. The summed E-state index contributed by atoms with van der Waals surface area (Å²) >= 11 is 5.32. The monoisotopic (exact) mass is 283 g/mol. The van der Waals surface area contributed by atoms with Crippen LogP contribution in [-0.4, -0.2) is 24.7 Å². The molecule has 0 saturated carbocycles. The van der Waals surface area contributed by atoms with E-state index >= 15 is 0 Å². The van der Waals surface area contributed by atoms with Crippen LogP contribution in [-0.2, 0) is 6.54 Å². The van der Waals surface area contributed by atoms with Crippen LogP contribution in [0.1, 0.15) is 11.1 Å². The number of aromatic amines is 1. The molecule has 0 aliphatic heterocycles. The van der Waals surface area contributed by atoms with E-state index < -0.39 is 0 Å². The maximum atomic E-state index is 5.32. The Bertz CT molecular complexity index is 776. The lowest BCUT2D eigenvalue weighted by Crippen LogP contribution is -2.04. The highest BCUT2D eigenvalue weighted by molar-refractivity contribution is 7.71. The minimum atomic E-state index is 0.597. The molecule has 0 aliphatic carbocycles. The van der Waals surface area contributed by atoms with Crippen molar-refractivity contribution in [2.75, 3.05) is 0 Å². The third-order valence-corrected chi connectivity index (χ3v) is 3.45. The molecule has 0 atom stereocenters. The first-order chi connectivity index (χ1) is 9.75. The summed E-state index contributed by atoms with van der Waals surface area (Å²) in [7, 11) is 0. The van der Waals surface area contributed by atoms with Crippen molar-refractivity contribution in [1.82, 2.24) is 24.7 Å². The van der Waals surface area contributed by atoms with Crippen molar-refractivity contribution >= 4 is 12.2 Å². The second kappa shape index (κ2) is 5.34. The standard InChI is InChI=1S/C14H13N5S/c1-10-7-16-6-4-12(10)9-19-13(17-18-14(19)20)11-3-2-5-15-8-11/h2-8H,9H2,1H3,(H,18,20). The molecule has 0 spiro atoms. The molecule has 5 nitrogen and oxygen atoms in total. The summed E-state index contributed by atoms with van der Waals surface area (Å²) in [4.78, 5) is 8.23. The average Bonchev–Trinajstić information content (AvgIpc) is 2.84. The molecule has 3 aromatic rings. The third kappa shape index (κ3) is 2.37. The number of nitrogens with one attached hydrogen (secondary N) is 1. The summed E-state index contributed by atoms with van der Waals surface area (Å²) in [5, 5.41) is 7.15. The largest absolute Gasteiger partial charge is 0.296 e. The van der Waals surface area contributed by atoms with Gasteiger partial charge in [-0.05, 0) is 48.5 Å². The molecule has 0 aromatic carbocycles. The van der Waals surface area contributed by atoms with E-state index in [1.165, 1.54) is 5.56 Å². The number of rotatable bonds is 3. The first kappa shape index (κ1) is 12.7. The van der Waals surface area contributed by atoms with E-state index in [0.29, 0.717) is 11.3 Å². The van der Waals surface area contributed by atoms with Gasteiger partial charge in [-0.2, -0.15) is 5.10 Å². The molecule has 0 unspecified atom stereocenters. The van der Waals surface area contributed by atoms with Gasteiger partial charge in [-0.25, -0.2) is 0 Å². The molecule has 0 radical (unpaired) electrons. The Morgan fingerprint density at radius 1 is 1.20 bits per heavy atom. The Hall–Kier alpha value is -2.34. The normalized spacial score (nSPS) is 10.7. The maximum Gasteiger partial charge on any atom is 0.195 e. The minimum absolute atomic E-state index is 0.597. The Morgan fingerprint density at radius 3 is 2.80 bits per heavy atom. The van der Waals surface area contributed by atoms with Gasteiger partial charge in [0.1, 0.15) is 0 Å². The van der Waals surface area contributed by atoms with Gasteiger partial charge in [-0.1, -0.05) is 0 Å². The third-order valence-electron chi connectivity index (χ3n) is 3.14. The Labute approximate surface area is 121 Å². The molecule has 1 N–H and O–H groups in total. The lowest BCUT2D eigenvalue weighted by atomic mass is 10.1. The van der Waals surface area contributed by atoms with Crippen molar-refractivity contribution in [2.45, 2.75) is 13.5 Å². The molecular formula is C14H13N5S. The minimum Gasteiger partial charge on any atom is -0.296 e. The van der Waals surface area contributed by atoms with Crippen molar-refractivity contribution in [3.8, 4) is 11.4 Å². The summed E-state index contributed by atoms with van der Waals surface area (Å²) < 4.78 is 2.56. The summed E-state index contributed by atoms with van der Waals surface area (Å²) in [6.45, 7) is 2.70. The number of hydrogen-bond donors (Lipinski definition) is 1. The predicted octanol–water partition coefficient (Wildman–Crippen LogP) is 2.75. The Morgan fingerprint density at radius 2 is 2.05 bits per heavy atom. The lowest BCUT2D eigenvalue weighted by Gasteiger charge is -2.08. The fraction of sp³-hybridized carbons (Fsp3) is 0.143. The van der Waals surface area contributed by atoms with Crippen LogP contribution >= 0.6 is 12.2 Å². The molecule has 0 aliphatic rings. The fourth-order valence-corrected chi connectivity index (χ4v) is 2.23. The van der Waals surface area contributed by atoms with E-state index in [0.717, 1.165) is 17.0 Å². The van der Waals surface area contributed by atoms with Crippen LogP contribution in [0.3, 0.4) is 0 Å². The SMILES string of the molecule is Cc1cnccc1Cn1c(-c2cccnc2)n[nH]c1=S. The first-order valence-corrected chi connectivity index (χ1v) is 6.61. The molecule has 0 bridgehead atoms. The summed E-state index contributed by atoms with van der Waals surface area (Å²) in [5.41, 5.74) is 3.24. The van der Waals surface area contributed by atoms with E-state index in [1.54, 1.807) is 18.6 Å². The molecule has 20 heavy (non-hydrogen) atoms. The van der Waals surface area contributed by atoms with Crippen molar-refractivity contribution in [1.29, 1.82) is 0 Å². The van der Waals surface area contributed by atoms with Gasteiger partial charge in [-0.15, -0.1) is 0 Å². The van der Waals surface area contributed by atoms with Gasteiger partial charge in [0, 0.05) is 30.4 Å². The Kier molecular flexibility index (Phi) is 3.39. The van der Waals surface area contributed by atoms with Crippen molar-refractivity contribution in [3.63, 3.8) is 0 Å². The zero-order valence-electron chi connectivity index (χ0n) is 10.9. The van der Waals surface area contributed by atoms with Crippen LogP contribution in [0.4, 0.5) is 0 Å². The van der Waals surface area contributed by atoms with E-state index in [1.807, 2.05) is 35.9 Å². The molecule has 3 heterocycles. The van der Waals surface area contributed by atoms with E-state index in [2.05, 4.69) is 20.2 Å². The van der Waals surface area contributed by atoms with Crippen LogP contribution < -0.4 is 0 Å². The smallest absolute Gasteiger partial charge is 0.195 e. The van der Waals surface area contributed by atoms with Gasteiger partial charge in [-0.3, -0.25) is 19.6 Å². The second-order valence-corrected chi connectivity index (χ2v) is 4.87. The predicted molar refractivity (Wildman–Crippen MR) is 78.7 cm³/mol. The topological polar surface area (TPSA) is 59.4 Å². The number of aromatic nitrogens is 5. The van der Waals surface area contributed by atoms with Crippen molar-refractivity contribution < 1.29 is 0 Å². The zero-order valence-corrected chi connectivity index (χ0v) is 11.8. The quantitative estimate of drug-likeness (QED) is 0.751. The van der Waals surface area contributed by atoms with E-state index in [4.69, 9.17) is 12.2 Å². The second-order valence-electron chi connectivity index (χ2n) is 4.48.